The first-order chi connectivity index (χ1) is 14.1. The smallest absolute Gasteiger partial charge is 0.261 e. The molecule has 1 saturated heterocycles. The van der Waals surface area contributed by atoms with Crippen LogP contribution in [-0.2, 0) is 9.59 Å². The maximum atomic E-state index is 12.5. The van der Waals surface area contributed by atoms with Gasteiger partial charge in [0.1, 0.15) is 0 Å². The van der Waals surface area contributed by atoms with Crippen LogP contribution in [0.4, 0.5) is 0 Å². The number of nitrogens with zero attached hydrogens (tertiary/aromatic N) is 2. The zero-order valence-electron chi connectivity index (χ0n) is 17.0. The van der Waals surface area contributed by atoms with Gasteiger partial charge in [-0.1, -0.05) is 18.9 Å². The maximum Gasteiger partial charge on any atom is 0.261 e. The standard InChI is InChI=1S/C21H32N4O3S/c26-19(8-3-9-23-20(27)18-7-4-16-29-18)22-10-11-24-12-14-25(15-13-24)21(28)17-5-1-2-6-17/h4,7,16-17H,1-3,5-6,8-15H2,(H,22,26)(H,23,27). The van der Waals surface area contributed by atoms with E-state index in [1.807, 2.05) is 16.3 Å². The van der Waals surface area contributed by atoms with Gasteiger partial charge in [-0.2, -0.15) is 0 Å². The molecule has 1 aromatic rings. The van der Waals surface area contributed by atoms with Crippen LogP contribution in [0.3, 0.4) is 0 Å². The van der Waals surface area contributed by atoms with Gasteiger partial charge in [-0.3, -0.25) is 19.3 Å². The van der Waals surface area contributed by atoms with Gasteiger partial charge in [0.25, 0.3) is 5.91 Å². The van der Waals surface area contributed by atoms with Gasteiger partial charge < -0.3 is 15.5 Å². The average Bonchev–Trinajstić information content (AvgIpc) is 3.45. The van der Waals surface area contributed by atoms with Crippen molar-refractivity contribution in [2.24, 2.45) is 5.92 Å². The SMILES string of the molecule is O=C(CCCNC(=O)c1cccs1)NCCN1CCN(C(=O)C2CCCC2)CC1. The van der Waals surface area contributed by atoms with Gasteiger partial charge in [0.15, 0.2) is 0 Å². The Balaban J connectivity index is 1.21. The largest absolute Gasteiger partial charge is 0.355 e. The zero-order chi connectivity index (χ0) is 20.5. The van der Waals surface area contributed by atoms with E-state index in [2.05, 4.69) is 15.5 Å². The van der Waals surface area contributed by atoms with Crippen LogP contribution in [0, 0.1) is 5.92 Å². The van der Waals surface area contributed by atoms with Crippen molar-refractivity contribution in [3.8, 4) is 0 Å². The number of rotatable bonds is 9. The van der Waals surface area contributed by atoms with E-state index in [0.717, 1.165) is 45.6 Å². The van der Waals surface area contributed by atoms with Crippen LogP contribution in [0.2, 0.25) is 0 Å². The Morgan fingerprint density at radius 2 is 1.79 bits per heavy atom. The summed E-state index contributed by atoms with van der Waals surface area (Å²) >= 11 is 1.41. The molecule has 1 saturated carbocycles. The monoisotopic (exact) mass is 420 g/mol. The summed E-state index contributed by atoms with van der Waals surface area (Å²) in [4.78, 5) is 41.3. The lowest BCUT2D eigenvalue weighted by atomic mass is 10.1. The average molecular weight is 421 g/mol. The number of carbonyl (C=O) groups is 3. The molecule has 0 radical (unpaired) electrons. The highest BCUT2D eigenvalue weighted by atomic mass is 32.1. The summed E-state index contributed by atoms with van der Waals surface area (Å²) in [5.41, 5.74) is 0. The van der Waals surface area contributed by atoms with Crippen molar-refractivity contribution in [3.05, 3.63) is 22.4 Å². The molecule has 2 fully saturated rings. The molecule has 160 valence electrons. The van der Waals surface area contributed by atoms with E-state index in [9.17, 15) is 14.4 Å². The van der Waals surface area contributed by atoms with Crippen LogP contribution >= 0.6 is 11.3 Å². The molecule has 0 bridgehead atoms. The third-order valence-corrected chi connectivity index (χ3v) is 6.62. The maximum absolute atomic E-state index is 12.5. The number of hydrogen-bond acceptors (Lipinski definition) is 5. The molecule has 2 heterocycles. The number of carbonyl (C=O) groups excluding carboxylic acids is 3. The second kappa shape index (κ2) is 11.3. The summed E-state index contributed by atoms with van der Waals surface area (Å²) in [6.45, 7) is 5.29. The van der Waals surface area contributed by atoms with Crippen LogP contribution < -0.4 is 10.6 Å². The third-order valence-electron chi connectivity index (χ3n) is 5.75. The van der Waals surface area contributed by atoms with Crippen molar-refractivity contribution >= 4 is 29.1 Å². The van der Waals surface area contributed by atoms with Crippen LogP contribution in [0.5, 0.6) is 0 Å². The Morgan fingerprint density at radius 1 is 1.03 bits per heavy atom. The highest BCUT2D eigenvalue weighted by Crippen LogP contribution is 2.26. The van der Waals surface area contributed by atoms with Gasteiger partial charge in [0.05, 0.1) is 4.88 Å². The van der Waals surface area contributed by atoms with E-state index >= 15 is 0 Å². The minimum atomic E-state index is -0.0778. The predicted octanol–water partition coefficient (Wildman–Crippen LogP) is 1.71. The Hall–Kier alpha value is -1.93. The molecule has 29 heavy (non-hydrogen) atoms. The van der Waals surface area contributed by atoms with E-state index in [1.165, 1.54) is 24.2 Å². The minimum absolute atomic E-state index is 0.0189. The molecule has 2 N–H and O–H groups in total. The number of piperazine rings is 1. The lowest BCUT2D eigenvalue weighted by molar-refractivity contribution is -0.137. The lowest BCUT2D eigenvalue weighted by Gasteiger charge is -2.36. The lowest BCUT2D eigenvalue weighted by Crippen LogP contribution is -2.51. The molecule has 0 spiro atoms. The second-order valence-corrected chi connectivity index (χ2v) is 8.78. The molecule has 0 aromatic carbocycles. The molecular formula is C21H32N4O3S. The summed E-state index contributed by atoms with van der Waals surface area (Å²) in [7, 11) is 0. The summed E-state index contributed by atoms with van der Waals surface area (Å²) in [5.74, 6) is 0.550. The number of thiophene rings is 1. The van der Waals surface area contributed by atoms with Crippen molar-refractivity contribution in [1.82, 2.24) is 20.4 Å². The summed E-state index contributed by atoms with van der Waals surface area (Å²) in [5, 5.41) is 7.66. The van der Waals surface area contributed by atoms with Crippen molar-refractivity contribution in [3.63, 3.8) is 0 Å². The molecule has 1 aliphatic carbocycles. The summed E-state index contributed by atoms with van der Waals surface area (Å²) in [6, 6.07) is 3.64. The Kier molecular flexibility index (Phi) is 8.49. The van der Waals surface area contributed by atoms with Crippen molar-refractivity contribution in [1.29, 1.82) is 0 Å². The van der Waals surface area contributed by atoms with E-state index in [1.54, 1.807) is 6.07 Å². The van der Waals surface area contributed by atoms with Gasteiger partial charge in [0.2, 0.25) is 11.8 Å². The van der Waals surface area contributed by atoms with Gasteiger partial charge in [-0.05, 0) is 30.7 Å². The van der Waals surface area contributed by atoms with E-state index < -0.39 is 0 Å². The first-order valence-electron chi connectivity index (χ1n) is 10.7. The molecule has 2 aliphatic rings. The van der Waals surface area contributed by atoms with Crippen LogP contribution in [0.1, 0.15) is 48.2 Å². The van der Waals surface area contributed by atoms with Gasteiger partial charge in [0, 0.05) is 58.2 Å². The molecule has 0 atom stereocenters. The molecular weight excluding hydrogens is 388 g/mol. The number of hydrogen-bond donors (Lipinski definition) is 2. The third kappa shape index (κ3) is 6.82. The molecule has 3 rings (SSSR count). The van der Waals surface area contributed by atoms with Crippen molar-refractivity contribution < 1.29 is 14.4 Å². The molecule has 0 unspecified atom stereocenters. The van der Waals surface area contributed by atoms with Crippen molar-refractivity contribution in [2.45, 2.75) is 38.5 Å². The van der Waals surface area contributed by atoms with Crippen LogP contribution in [0.25, 0.3) is 0 Å². The summed E-state index contributed by atoms with van der Waals surface area (Å²) in [6.07, 6.45) is 5.54. The fraction of sp³-hybridized carbons (Fsp3) is 0.667. The fourth-order valence-electron chi connectivity index (χ4n) is 4.01. The highest BCUT2D eigenvalue weighted by Gasteiger charge is 2.29. The highest BCUT2D eigenvalue weighted by molar-refractivity contribution is 7.12. The first-order valence-corrected chi connectivity index (χ1v) is 11.6. The van der Waals surface area contributed by atoms with E-state index in [0.29, 0.717) is 36.7 Å². The fourth-order valence-corrected chi connectivity index (χ4v) is 4.65. The van der Waals surface area contributed by atoms with Crippen molar-refractivity contribution in [2.75, 3.05) is 45.8 Å². The van der Waals surface area contributed by atoms with Gasteiger partial charge in [-0.15, -0.1) is 11.3 Å². The van der Waals surface area contributed by atoms with E-state index in [-0.39, 0.29) is 17.7 Å². The Bertz CT molecular complexity index is 665. The number of nitrogens with one attached hydrogen (secondary N) is 2. The molecule has 8 heteroatoms. The Morgan fingerprint density at radius 3 is 2.48 bits per heavy atom. The van der Waals surface area contributed by atoms with Crippen LogP contribution in [0.15, 0.2) is 17.5 Å². The van der Waals surface area contributed by atoms with Gasteiger partial charge in [-0.25, -0.2) is 0 Å². The minimum Gasteiger partial charge on any atom is -0.355 e. The van der Waals surface area contributed by atoms with E-state index in [4.69, 9.17) is 0 Å². The quantitative estimate of drug-likeness (QED) is 0.596. The second-order valence-electron chi connectivity index (χ2n) is 7.84. The predicted molar refractivity (Wildman–Crippen MR) is 114 cm³/mol. The molecule has 7 nitrogen and oxygen atoms in total. The normalized spacial score (nSPS) is 18.0. The Labute approximate surface area is 176 Å². The van der Waals surface area contributed by atoms with Crippen LogP contribution in [-0.4, -0.2) is 73.3 Å². The molecule has 1 aliphatic heterocycles. The first kappa shape index (κ1) is 21.8. The topological polar surface area (TPSA) is 81.8 Å². The molecule has 1 aromatic heterocycles. The zero-order valence-corrected chi connectivity index (χ0v) is 17.8. The molecule has 3 amide bonds. The summed E-state index contributed by atoms with van der Waals surface area (Å²) < 4.78 is 0. The number of amides is 3. The van der Waals surface area contributed by atoms with Gasteiger partial charge >= 0.3 is 0 Å².